The van der Waals surface area contributed by atoms with E-state index < -0.39 is 0 Å². The van der Waals surface area contributed by atoms with Crippen LogP contribution in [0.15, 0.2) is 60.9 Å². The number of hydrogen-bond acceptors (Lipinski definition) is 6. The zero-order valence-electron chi connectivity index (χ0n) is 16.7. The number of aromatic nitrogens is 2. The lowest BCUT2D eigenvalue weighted by Crippen LogP contribution is -2.14. The van der Waals surface area contributed by atoms with Crippen LogP contribution in [-0.2, 0) is 0 Å². The van der Waals surface area contributed by atoms with Gasteiger partial charge in [-0.2, -0.15) is 0 Å². The van der Waals surface area contributed by atoms with Gasteiger partial charge in [0.05, 0.1) is 18.4 Å². The van der Waals surface area contributed by atoms with E-state index in [4.69, 9.17) is 9.47 Å². The fourth-order valence-corrected chi connectivity index (χ4v) is 2.62. The van der Waals surface area contributed by atoms with Crippen molar-refractivity contribution < 1.29 is 14.3 Å². The summed E-state index contributed by atoms with van der Waals surface area (Å²) in [6.07, 6.45) is 1.44. The molecule has 2 aromatic carbocycles. The summed E-state index contributed by atoms with van der Waals surface area (Å²) >= 11 is 0. The molecule has 0 aliphatic rings. The van der Waals surface area contributed by atoms with Gasteiger partial charge in [0.1, 0.15) is 29.3 Å². The van der Waals surface area contributed by atoms with Gasteiger partial charge >= 0.3 is 0 Å². The standard InChI is InChI=1S/C22H24N4O3/c1-4-28-20-8-6-5-7-18(20)26-21-13-19(23-14-24-21)22(27)25-16-9-11-17(12-10-16)29-15(2)3/h5-15H,4H2,1-3H3,(H,25,27)(H,23,24,26). The summed E-state index contributed by atoms with van der Waals surface area (Å²) in [6, 6.07) is 16.3. The van der Waals surface area contributed by atoms with E-state index >= 15 is 0 Å². The summed E-state index contributed by atoms with van der Waals surface area (Å²) in [5.74, 6) is 1.63. The smallest absolute Gasteiger partial charge is 0.274 e. The van der Waals surface area contributed by atoms with Crippen LogP contribution >= 0.6 is 0 Å². The minimum absolute atomic E-state index is 0.0928. The number of amides is 1. The van der Waals surface area contributed by atoms with Gasteiger partial charge in [0, 0.05) is 11.8 Å². The Bertz CT molecular complexity index is 958. The minimum Gasteiger partial charge on any atom is -0.492 e. The quantitative estimate of drug-likeness (QED) is 0.580. The van der Waals surface area contributed by atoms with E-state index in [1.165, 1.54) is 6.33 Å². The number of benzene rings is 2. The van der Waals surface area contributed by atoms with E-state index in [2.05, 4.69) is 20.6 Å². The fourth-order valence-electron chi connectivity index (χ4n) is 2.62. The molecule has 29 heavy (non-hydrogen) atoms. The van der Waals surface area contributed by atoms with Crippen molar-refractivity contribution in [3.8, 4) is 11.5 Å². The van der Waals surface area contributed by atoms with Gasteiger partial charge in [0.15, 0.2) is 0 Å². The summed E-state index contributed by atoms with van der Waals surface area (Å²) in [7, 11) is 0. The van der Waals surface area contributed by atoms with Crippen LogP contribution < -0.4 is 20.1 Å². The van der Waals surface area contributed by atoms with Gasteiger partial charge in [-0.25, -0.2) is 9.97 Å². The first-order valence-corrected chi connectivity index (χ1v) is 9.44. The average molecular weight is 392 g/mol. The Balaban J connectivity index is 1.70. The third-order valence-electron chi connectivity index (χ3n) is 3.83. The second kappa shape index (κ2) is 9.54. The number of ether oxygens (including phenoxy) is 2. The molecule has 3 aromatic rings. The van der Waals surface area contributed by atoms with Crippen LogP contribution in [0, 0.1) is 0 Å². The van der Waals surface area contributed by atoms with Crippen molar-refractivity contribution in [2.75, 3.05) is 17.2 Å². The lowest BCUT2D eigenvalue weighted by Gasteiger charge is -2.12. The van der Waals surface area contributed by atoms with Crippen molar-refractivity contribution in [3.05, 3.63) is 66.6 Å². The molecular weight excluding hydrogens is 368 g/mol. The highest BCUT2D eigenvalue weighted by atomic mass is 16.5. The summed E-state index contributed by atoms with van der Waals surface area (Å²) in [6.45, 7) is 6.40. The number of anilines is 3. The lowest BCUT2D eigenvalue weighted by atomic mass is 10.2. The van der Waals surface area contributed by atoms with Crippen LogP contribution in [0.1, 0.15) is 31.3 Å². The number of rotatable bonds is 8. The Morgan fingerprint density at radius 3 is 2.55 bits per heavy atom. The Labute approximate surface area is 170 Å². The summed E-state index contributed by atoms with van der Waals surface area (Å²) < 4.78 is 11.2. The van der Waals surface area contributed by atoms with E-state index in [1.54, 1.807) is 18.2 Å². The van der Waals surface area contributed by atoms with E-state index in [0.29, 0.717) is 23.9 Å². The van der Waals surface area contributed by atoms with E-state index in [-0.39, 0.29) is 17.7 Å². The molecule has 0 fully saturated rings. The van der Waals surface area contributed by atoms with Crippen molar-refractivity contribution in [2.24, 2.45) is 0 Å². The molecule has 7 heteroatoms. The maximum atomic E-state index is 12.6. The van der Waals surface area contributed by atoms with Gasteiger partial charge in [-0.3, -0.25) is 4.79 Å². The first-order chi connectivity index (χ1) is 14.0. The molecular formula is C22H24N4O3. The van der Waals surface area contributed by atoms with Crippen molar-refractivity contribution in [1.82, 2.24) is 9.97 Å². The van der Waals surface area contributed by atoms with Gasteiger partial charge in [-0.15, -0.1) is 0 Å². The van der Waals surface area contributed by atoms with E-state index in [0.717, 1.165) is 11.4 Å². The molecule has 150 valence electrons. The predicted octanol–water partition coefficient (Wildman–Crippen LogP) is 4.66. The molecule has 0 aliphatic carbocycles. The number of carbonyl (C=O) groups excluding carboxylic acids is 1. The monoisotopic (exact) mass is 392 g/mol. The Morgan fingerprint density at radius 1 is 1.07 bits per heavy atom. The molecule has 0 unspecified atom stereocenters. The topological polar surface area (TPSA) is 85.4 Å². The zero-order chi connectivity index (χ0) is 20.6. The molecule has 0 radical (unpaired) electrons. The molecule has 2 N–H and O–H groups in total. The average Bonchev–Trinajstić information content (AvgIpc) is 2.71. The van der Waals surface area contributed by atoms with Gasteiger partial charge in [0.25, 0.3) is 5.91 Å². The largest absolute Gasteiger partial charge is 0.492 e. The highest BCUT2D eigenvalue weighted by Gasteiger charge is 2.11. The Morgan fingerprint density at radius 2 is 1.83 bits per heavy atom. The third-order valence-corrected chi connectivity index (χ3v) is 3.83. The Kier molecular flexibility index (Phi) is 6.63. The molecule has 0 saturated carbocycles. The molecule has 0 atom stereocenters. The minimum atomic E-state index is -0.328. The molecule has 0 spiro atoms. The zero-order valence-corrected chi connectivity index (χ0v) is 16.7. The maximum Gasteiger partial charge on any atom is 0.274 e. The number of carbonyl (C=O) groups is 1. The van der Waals surface area contributed by atoms with Crippen molar-refractivity contribution in [2.45, 2.75) is 26.9 Å². The van der Waals surface area contributed by atoms with Gasteiger partial charge in [-0.05, 0) is 57.2 Å². The van der Waals surface area contributed by atoms with Crippen LogP contribution in [0.2, 0.25) is 0 Å². The molecule has 7 nitrogen and oxygen atoms in total. The molecule has 0 aliphatic heterocycles. The first-order valence-electron chi connectivity index (χ1n) is 9.44. The molecule has 1 amide bonds. The van der Waals surface area contributed by atoms with Gasteiger partial charge in [0.2, 0.25) is 0 Å². The number of para-hydroxylation sites is 2. The summed E-state index contributed by atoms with van der Waals surface area (Å²) in [4.78, 5) is 20.8. The van der Waals surface area contributed by atoms with Crippen LogP contribution in [0.4, 0.5) is 17.2 Å². The number of nitrogens with zero attached hydrogens (tertiary/aromatic N) is 2. The van der Waals surface area contributed by atoms with Crippen LogP contribution in [0.25, 0.3) is 0 Å². The molecule has 1 aromatic heterocycles. The summed E-state index contributed by atoms with van der Waals surface area (Å²) in [5, 5.41) is 5.99. The summed E-state index contributed by atoms with van der Waals surface area (Å²) in [5.41, 5.74) is 1.67. The van der Waals surface area contributed by atoms with Gasteiger partial charge < -0.3 is 20.1 Å². The van der Waals surface area contributed by atoms with Crippen molar-refractivity contribution >= 4 is 23.1 Å². The van der Waals surface area contributed by atoms with Crippen molar-refractivity contribution in [1.29, 1.82) is 0 Å². The second-order valence-corrected chi connectivity index (χ2v) is 6.49. The maximum absolute atomic E-state index is 12.6. The van der Waals surface area contributed by atoms with E-state index in [1.807, 2.05) is 57.2 Å². The fraction of sp³-hybridized carbons (Fsp3) is 0.227. The number of hydrogen-bond donors (Lipinski definition) is 2. The molecule has 1 heterocycles. The lowest BCUT2D eigenvalue weighted by molar-refractivity contribution is 0.102. The van der Waals surface area contributed by atoms with Crippen LogP contribution in [0.3, 0.4) is 0 Å². The van der Waals surface area contributed by atoms with Gasteiger partial charge in [-0.1, -0.05) is 12.1 Å². The van der Waals surface area contributed by atoms with E-state index in [9.17, 15) is 4.79 Å². The molecule has 0 bridgehead atoms. The normalized spacial score (nSPS) is 10.5. The SMILES string of the molecule is CCOc1ccccc1Nc1cc(C(=O)Nc2ccc(OC(C)C)cc2)ncn1. The van der Waals surface area contributed by atoms with Crippen LogP contribution in [0.5, 0.6) is 11.5 Å². The van der Waals surface area contributed by atoms with Crippen molar-refractivity contribution in [3.63, 3.8) is 0 Å². The molecule has 3 rings (SSSR count). The number of nitrogens with one attached hydrogen (secondary N) is 2. The highest BCUT2D eigenvalue weighted by molar-refractivity contribution is 6.03. The third kappa shape index (κ3) is 5.68. The molecule has 0 saturated heterocycles. The van der Waals surface area contributed by atoms with Crippen LogP contribution in [-0.4, -0.2) is 28.6 Å². The Hall–Kier alpha value is -3.61. The predicted molar refractivity (Wildman–Crippen MR) is 113 cm³/mol. The second-order valence-electron chi connectivity index (χ2n) is 6.49. The highest BCUT2D eigenvalue weighted by Crippen LogP contribution is 2.26. The first kappa shape index (κ1) is 20.1.